The quantitative estimate of drug-likeness (QED) is 0.637. The fourth-order valence-electron chi connectivity index (χ4n) is 3.93. The van der Waals surface area contributed by atoms with Gasteiger partial charge in [-0.15, -0.1) is 37.2 Å². The van der Waals surface area contributed by atoms with E-state index < -0.39 is 0 Å². The Kier molecular flexibility index (Phi) is 12.7. The van der Waals surface area contributed by atoms with Crippen LogP contribution in [0.2, 0.25) is 0 Å². The fraction of sp³-hybridized carbons (Fsp3) is 0.478. The molecule has 2 heterocycles. The highest BCUT2D eigenvalue weighted by Gasteiger charge is 2.23. The van der Waals surface area contributed by atoms with Gasteiger partial charge in [0.15, 0.2) is 0 Å². The third-order valence-electron chi connectivity index (χ3n) is 5.34. The van der Waals surface area contributed by atoms with Crippen molar-refractivity contribution in [1.82, 2.24) is 15.2 Å². The predicted octanol–water partition coefficient (Wildman–Crippen LogP) is 4.22. The van der Waals surface area contributed by atoms with Gasteiger partial charge in [0, 0.05) is 37.6 Å². The highest BCUT2D eigenvalue weighted by molar-refractivity contribution is 5.86. The monoisotopic (exact) mass is 488 g/mol. The van der Waals surface area contributed by atoms with Crippen LogP contribution in [-0.4, -0.2) is 35.4 Å². The van der Waals surface area contributed by atoms with Crippen LogP contribution >= 0.6 is 37.2 Å². The van der Waals surface area contributed by atoms with Crippen molar-refractivity contribution >= 4 is 43.1 Å². The minimum absolute atomic E-state index is 0. The summed E-state index contributed by atoms with van der Waals surface area (Å²) in [4.78, 5) is 19.0. The first-order chi connectivity index (χ1) is 13.4. The van der Waals surface area contributed by atoms with Crippen LogP contribution in [0.15, 0.2) is 24.3 Å². The molecular weight excluding hydrogens is 455 g/mol. The number of rotatable bonds is 6. The second kappa shape index (κ2) is 13.2. The number of carbonyl (C=O) groups is 1. The number of amides is 1. The Bertz CT molecular complexity index is 857. The third-order valence-corrected chi connectivity index (χ3v) is 5.34. The first kappa shape index (κ1) is 29.6. The maximum absolute atomic E-state index is 11.9. The molecule has 0 radical (unpaired) electrons. The van der Waals surface area contributed by atoms with Crippen LogP contribution in [0, 0.1) is 19.8 Å². The largest absolute Gasteiger partial charge is 0.354 e. The normalized spacial score (nSPS) is 13.7. The number of pyridine rings is 1. The number of aromatic nitrogens is 1. The van der Waals surface area contributed by atoms with E-state index in [4.69, 9.17) is 10.7 Å². The topological polar surface area (TPSA) is 71.2 Å². The van der Waals surface area contributed by atoms with Gasteiger partial charge in [-0.05, 0) is 48.4 Å². The molecule has 3 N–H and O–H groups in total. The Morgan fingerprint density at radius 2 is 1.74 bits per heavy atom. The molecule has 5 nitrogen and oxygen atoms in total. The zero-order valence-electron chi connectivity index (χ0n) is 18.7. The van der Waals surface area contributed by atoms with Crippen molar-refractivity contribution in [1.29, 1.82) is 0 Å². The standard InChI is InChI=1S/C23H32N4O.3ClH/c1-15(2)11-21-19(12-24)23(18-7-5-16(3)6-8-18)20(17(4)26-21)13-27-10-9-25-22(28)14-27;;;/h5-8,15H,9-14,24H2,1-4H3,(H,25,28);3*1H. The maximum atomic E-state index is 11.9. The molecule has 8 heteroatoms. The van der Waals surface area contributed by atoms with Crippen molar-refractivity contribution in [2.45, 2.75) is 47.2 Å². The van der Waals surface area contributed by atoms with Gasteiger partial charge in [0.25, 0.3) is 0 Å². The van der Waals surface area contributed by atoms with Gasteiger partial charge in [0.2, 0.25) is 5.91 Å². The molecule has 1 fully saturated rings. The summed E-state index contributed by atoms with van der Waals surface area (Å²) in [5.41, 5.74) is 14.3. The molecule has 0 bridgehead atoms. The molecule has 0 saturated carbocycles. The van der Waals surface area contributed by atoms with E-state index in [1.807, 2.05) is 0 Å². The van der Waals surface area contributed by atoms with Crippen molar-refractivity contribution in [3.05, 3.63) is 52.3 Å². The van der Waals surface area contributed by atoms with Crippen LogP contribution in [0.1, 0.15) is 41.9 Å². The number of benzene rings is 1. The van der Waals surface area contributed by atoms with Crippen LogP contribution in [0.3, 0.4) is 0 Å². The lowest BCUT2D eigenvalue weighted by molar-refractivity contribution is -0.124. The molecule has 2 aromatic rings. The van der Waals surface area contributed by atoms with E-state index >= 15 is 0 Å². The summed E-state index contributed by atoms with van der Waals surface area (Å²) in [5, 5.41) is 2.90. The van der Waals surface area contributed by atoms with Crippen LogP contribution < -0.4 is 11.1 Å². The van der Waals surface area contributed by atoms with E-state index in [1.165, 1.54) is 22.3 Å². The number of nitrogens with zero attached hydrogens (tertiary/aromatic N) is 2. The number of carbonyl (C=O) groups excluding carboxylic acids is 1. The van der Waals surface area contributed by atoms with E-state index in [-0.39, 0.29) is 43.1 Å². The van der Waals surface area contributed by atoms with Crippen molar-refractivity contribution in [2.24, 2.45) is 11.7 Å². The minimum Gasteiger partial charge on any atom is -0.354 e. The number of piperazine rings is 1. The Balaban J connectivity index is 0.00000300. The molecule has 174 valence electrons. The number of halogens is 3. The lowest BCUT2D eigenvalue weighted by atomic mass is 9.89. The molecule has 1 amide bonds. The van der Waals surface area contributed by atoms with Crippen molar-refractivity contribution < 1.29 is 4.79 Å². The van der Waals surface area contributed by atoms with Gasteiger partial charge in [0.05, 0.1) is 6.54 Å². The minimum atomic E-state index is 0. The molecule has 0 unspecified atom stereocenters. The Hall–Kier alpha value is -1.37. The molecule has 1 saturated heterocycles. The lowest BCUT2D eigenvalue weighted by Gasteiger charge is -2.29. The van der Waals surface area contributed by atoms with E-state index in [0.29, 0.717) is 32.1 Å². The summed E-state index contributed by atoms with van der Waals surface area (Å²) in [6.07, 6.45) is 0.915. The van der Waals surface area contributed by atoms with Crippen molar-refractivity contribution in [2.75, 3.05) is 19.6 Å². The van der Waals surface area contributed by atoms with Gasteiger partial charge >= 0.3 is 0 Å². The lowest BCUT2D eigenvalue weighted by Crippen LogP contribution is -2.47. The molecule has 1 aliphatic heterocycles. The SMILES string of the molecule is Cc1ccc(-c2c(CN3CCNC(=O)C3)c(C)nc(CC(C)C)c2CN)cc1.Cl.Cl.Cl. The van der Waals surface area contributed by atoms with Crippen molar-refractivity contribution in [3.63, 3.8) is 0 Å². The van der Waals surface area contributed by atoms with Gasteiger partial charge in [-0.1, -0.05) is 43.7 Å². The highest BCUT2D eigenvalue weighted by atomic mass is 35.5. The van der Waals surface area contributed by atoms with E-state index in [1.54, 1.807) is 0 Å². The average Bonchev–Trinajstić information content (AvgIpc) is 2.64. The Labute approximate surface area is 204 Å². The zero-order valence-corrected chi connectivity index (χ0v) is 21.2. The third kappa shape index (κ3) is 7.33. The predicted molar refractivity (Wildman–Crippen MR) is 136 cm³/mol. The molecule has 3 rings (SSSR count). The number of aryl methyl sites for hydroxylation is 2. The molecule has 0 aliphatic carbocycles. The molecule has 31 heavy (non-hydrogen) atoms. The Morgan fingerprint density at radius 1 is 1.10 bits per heavy atom. The van der Waals surface area contributed by atoms with Gasteiger partial charge in [-0.2, -0.15) is 0 Å². The number of hydrogen-bond acceptors (Lipinski definition) is 4. The summed E-state index contributed by atoms with van der Waals surface area (Å²) < 4.78 is 0. The van der Waals surface area contributed by atoms with Gasteiger partial charge < -0.3 is 11.1 Å². The molecular formula is C23H35Cl3N4O. The average molecular weight is 490 g/mol. The molecule has 0 atom stereocenters. The number of nitrogens with one attached hydrogen (secondary N) is 1. The smallest absolute Gasteiger partial charge is 0.234 e. The van der Waals surface area contributed by atoms with Gasteiger partial charge in [-0.25, -0.2) is 0 Å². The number of nitrogens with two attached hydrogens (primary N) is 1. The molecule has 1 aliphatic rings. The maximum Gasteiger partial charge on any atom is 0.234 e. The number of hydrogen-bond donors (Lipinski definition) is 2. The molecule has 1 aromatic carbocycles. The summed E-state index contributed by atoms with van der Waals surface area (Å²) in [6, 6.07) is 8.64. The van der Waals surface area contributed by atoms with E-state index in [0.717, 1.165) is 29.9 Å². The fourth-order valence-corrected chi connectivity index (χ4v) is 3.93. The van der Waals surface area contributed by atoms with Gasteiger partial charge in [0.1, 0.15) is 0 Å². The summed E-state index contributed by atoms with van der Waals surface area (Å²) in [7, 11) is 0. The molecule has 0 spiro atoms. The highest BCUT2D eigenvalue weighted by Crippen LogP contribution is 2.33. The van der Waals surface area contributed by atoms with Gasteiger partial charge in [-0.3, -0.25) is 14.7 Å². The Morgan fingerprint density at radius 3 is 2.29 bits per heavy atom. The zero-order chi connectivity index (χ0) is 20.3. The van der Waals surface area contributed by atoms with Crippen LogP contribution in [0.4, 0.5) is 0 Å². The molecule has 1 aromatic heterocycles. The second-order valence-electron chi connectivity index (χ2n) is 8.20. The summed E-state index contributed by atoms with van der Waals surface area (Å²) >= 11 is 0. The van der Waals surface area contributed by atoms with E-state index in [2.05, 4.69) is 62.2 Å². The first-order valence-electron chi connectivity index (χ1n) is 10.2. The second-order valence-corrected chi connectivity index (χ2v) is 8.20. The summed E-state index contributed by atoms with van der Waals surface area (Å²) in [5.74, 6) is 0.601. The van der Waals surface area contributed by atoms with Crippen LogP contribution in [0.25, 0.3) is 11.1 Å². The van der Waals surface area contributed by atoms with Crippen molar-refractivity contribution in [3.8, 4) is 11.1 Å². The van der Waals surface area contributed by atoms with E-state index in [9.17, 15) is 4.79 Å². The van der Waals surface area contributed by atoms with Crippen LogP contribution in [-0.2, 0) is 24.3 Å². The summed E-state index contributed by atoms with van der Waals surface area (Å²) in [6.45, 7) is 11.8. The van der Waals surface area contributed by atoms with Crippen LogP contribution in [0.5, 0.6) is 0 Å². The first-order valence-corrected chi connectivity index (χ1v) is 10.2.